The lowest BCUT2D eigenvalue weighted by Gasteiger charge is -2.31. The molecule has 0 saturated carbocycles. The molecule has 0 bridgehead atoms. The van der Waals surface area contributed by atoms with Gasteiger partial charge in [-0.3, -0.25) is 0 Å². The van der Waals surface area contributed by atoms with Gasteiger partial charge in [0.1, 0.15) is 12.2 Å². The largest absolute Gasteiger partial charge is 0.508 e. The summed E-state index contributed by atoms with van der Waals surface area (Å²) in [6.07, 6.45) is 5.79. The molecule has 3 unspecified atom stereocenters. The van der Waals surface area contributed by atoms with Crippen molar-refractivity contribution in [1.29, 1.82) is 0 Å². The molecule has 1 aromatic rings. The molecule has 170 valence electrons. The lowest BCUT2D eigenvalue weighted by Crippen LogP contribution is -2.37. The number of esters is 1. The quantitative estimate of drug-likeness (QED) is 0.247. The fraction of sp³-hybridized carbons (Fsp3) is 0.680. The molecule has 0 aliphatic heterocycles. The van der Waals surface area contributed by atoms with E-state index < -0.39 is 6.16 Å². The number of unbranched alkanes of at least 4 members (excludes halogenated alkanes) is 2. The van der Waals surface area contributed by atoms with E-state index in [1.54, 1.807) is 0 Å². The number of hydrogen-bond donors (Lipinski definition) is 0. The summed E-state index contributed by atoms with van der Waals surface area (Å²) in [6.45, 7) is 10.5. The normalized spacial score (nSPS) is 13.9. The summed E-state index contributed by atoms with van der Waals surface area (Å²) in [6, 6.07) is 7.66. The third-order valence-electron chi connectivity index (χ3n) is 5.46. The van der Waals surface area contributed by atoms with Crippen LogP contribution in [0, 0.1) is 5.92 Å². The fourth-order valence-electron chi connectivity index (χ4n) is 3.56. The van der Waals surface area contributed by atoms with Crippen molar-refractivity contribution >= 4 is 12.1 Å². The minimum atomic E-state index is -0.641. The van der Waals surface area contributed by atoms with Crippen molar-refractivity contribution in [2.45, 2.75) is 98.2 Å². The van der Waals surface area contributed by atoms with Crippen LogP contribution < -0.4 is 0 Å². The highest BCUT2D eigenvalue weighted by molar-refractivity contribution is 5.89. The average Bonchev–Trinajstić information content (AvgIpc) is 2.76. The fourth-order valence-corrected chi connectivity index (χ4v) is 3.56. The predicted molar refractivity (Wildman–Crippen MR) is 120 cm³/mol. The Labute approximate surface area is 182 Å². The third-order valence-corrected chi connectivity index (χ3v) is 5.46. The van der Waals surface area contributed by atoms with E-state index in [9.17, 15) is 9.59 Å². The van der Waals surface area contributed by atoms with Gasteiger partial charge >= 0.3 is 12.1 Å². The van der Waals surface area contributed by atoms with Gasteiger partial charge in [-0.25, -0.2) is 9.59 Å². The van der Waals surface area contributed by atoms with Gasteiger partial charge in [-0.15, -0.1) is 0 Å². The molecule has 0 N–H and O–H groups in total. The Morgan fingerprint density at radius 1 is 0.800 bits per heavy atom. The van der Waals surface area contributed by atoms with Crippen LogP contribution in [0.5, 0.6) is 0 Å². The van der Waals surface area contributed by atoms with E-state index in [0.717, 1.165) is 38.5 Å². The van der Waals surface area contributed by atoms with Crippen molar-refractivity contribution < 1.29 is 23.8 Å². The van der Waals surface area contributed by atoms with Crippen molar-refractivity contribution in [1.82, 2.24) is 0 Å². The van der Waals surface area contributed by atoms with Crippen LogP contribution in [-0.4, -0.2) is 30.9 Å². The molecule has 5 nitrogen and oxygen atoms in total. The van der Waals surface area contributed by atoms with Crippen LogP contribution in [0.15, 0.2) is 24.3 Å². The van der Waals surface area contributed by atoms with E-state index in [2.05, 4.69) is 6.92 Å². The molecule has 0 fully saturated rings. The molecule has 0 heterocycles. The van der Waals surface area contributed by atoms with Gasteiger partial charge in [0.05, 0.1) is 12.2 Å². The number of benzene rings is 1. The van der Waals surface area contributed by atoms with E-state index >= 15 is 0 Å². The SMILES string of the molecule is CCCCOC(=O)OC(CC)C(CC)C(CC)OC(=O)c1ccc(CCCC)cc1. The van der Waals surface area contributed by atoms with Gasteiger partial charge in [-0.2, -0.15) is 0 Å². The van der Waals surface area contributed by atoms with E-state index in [-0.39, 0.29) is 24.1 Å². The molecule has 0 amide bonds. The Balaban J connectivity index is 2.75. The average molecular weight is 421 g/mol. The lowest BCUT2D eigenvalue weighted by atomic mass is 9.89. The van der Waals surface area contributed by atoms with Gasteiger partial charge in [-0.05, 0) is 56.2 Å². The smallest absolute Gasteiger partial charge is 0.458 e. The Morgan fingerprint density at radius 3 is 1.93 bits per heavy atom. The summed E-state index contributed by atoms with van der Waals surface area (Å²) in [5.41, 5.74) is 1.78. The van der Waals surface area contributed by atoms with Crippen LogP contribution in [0.3, 0.4) is 0 Å². The predicted octanol–water partition coefficient (Wildman–Crippen LogP) is 6.72. The summed E-state index contributed by atoms with van der Waals surface area (Å²) >= 11 is 0. The third kappa shape index (κ3) is 8.76. The maximum Gasteiger partial charge on any atom is 0.508 e. The van der Waals surface area contributed by atoms with Crippen molar-refractivity contribution in [3.05, 3.63) is 35.4 Å². The van der Waals surface area contributed by atoms with Crippen molar-refractivity contribution in [2.24, 2.45) is 5.92 Å². The first kappa shape index (κ1) is 26.0. The molecule has 0 aliphatic carbocycles. The number of carbonyl (C=O) groups is 2. The molecular formula is C25H40O5. The van der Waals surface area contributed by atoms with E-state index in [4.69, 9.17) is 14.2 Å². The van der Waals surface area contributed by atoms with Gasteiger partial charge in [0, 0.05) is 5.92 Å². The molecule has 3 atom stereocenters. The number of ether oxygens (including phenoxy) is 3. The van der Waals surface area contributed by atoms with E-state index in [1.807, 2.05) is 52.0 Å². The maximum absolute atomic E-state index is 12.7. The zero-order valence-corrected chi connectivity index (χ0v) is 19.4. The number of rotatable bonds is 14. The molecule has 1 aromatic carbocycles. The molecule has 0 radical (unpaired) electrons. The van der Waals surface area contributed by atoms with Crippen LogP contribution in [0.2, 0.25) is 0 Å². The lowest BCUT2D eigenvalue weighted by molar-refractivity contribution is -0.0456. The second kappa shape index (κ2) is 14.9. The molecule has 0 aromatic heterocycles. The Hall–Kier alpha value is -2.04. The van der Waals surface area contributed by atoms with Crippen LogP contribution in [-0.2, 0) is 20.6 Å². The van der Waals surface area contributed by atoms with Crippen molar-refractivity contribution in [3.63, 3.8) is 0 Å². The molecule has 5 heteroatoms. The zero-order chi connectivity index (χ0) is 22.4. The van der Waals surface area contributed by atoms with Gasteiger partial charge in [0.2, 0.25) is 0 Å². The van der Waals surface area contributed by atoms with Crippen LogP contribution in [0.1, 0.15) is 95.5 Å². The summed E-state index contributed by atoms with van der Waals surface area (Å²) in [4.78, 5) is 24.7. The van der Waals surface area contributed by atoms with Crippen LogP contribution >= 0.6 is 0 Å². The Kier molecular flexibility index (Phi) is 12.9. The van der Waals surface area contributed by atoms with Gasteiger partial charge < -0.3 is 14.2 Å². The minimum Gasteiger partial charge on any atom is -0.458 e. The topological polar surface area (TPSA) is 61.8 Å². The number of carbonyl (C=O) groups excluding carboxylic acids is 2. The summed E-state index contributed by atoms with van der Waals surface area (Å²) < 4.78 is 16.6. The number of hydrogen-bond acceptors (Lipinski definition) is 5. The highest BCUT2D eigenvalue weighted by atomic mass is 16.7. The molecular weight excluding hydrogens is 380 g/mol. The second-order valence-electron chi connectivity index (χ2n) is 7.74. The van der Waals surface area contributed by atoms with Crippen molar-refractivity contribution in [2.75, 3.05) is 6.61 Å². The Morgan fingerprint density at radius 2 is 1.40 bits per heavy atom. The first-order valence-electron chi connectivity index (χ1n) is 11.6. The van der Waals surface area contributed by atoms with Gasteiger partial charge in [-0.1, -0.05) is 59.6 Å². The molecule has 30 heavy (non-hydrogen) atoms. The number of aryl methyl sites for hydroxylation is 1. The molecule has 1 rings (SSSR count). The van der Waals surface area contributed by atoms with Crippen LogP contribution in [0.25, 0.3) is 0 Å². The van der Waals surface area contributed by atoms with E-state index in [1.165, 1.54) is 5.56 Å². The van der Waals surface area contributed by atoms with E-state index in [0.29, 0.717) is 25.0 Å². The molecule has 0 spiro atoms. The monoisotopic (exact) mass is 420 g/mol. The molecule has 0 saturated heterocycles. The maximum atomic E-state index is 12.7. The van der Waals surface area contributed by atoms with Crippen LogP contribution in [0.4, 0.5) is 4.79 Å². The van der Waals surface area contributed by atoms with Crippen molar-refractivity contribution in [3.8, 4) is 0 Å². The molecule has 0 aliphatic rings. The first-order valence-corrected chi connectivity index (χ1v) is 11.6. The summed E-state index contributed by atoms with van der Waals surface area (Å²) in [5, 5.41) is 0. The van der Waals surface area contributed by atoms with Gasteiger partial charge in [0.15, 0.2) is 0 Å². The summed E-state index contributed by atoms with van der Waals surface area (Å²) in [5.74, 6) is -0.408. The zero-order valence-electron chi connectivity index (χ0n) is 19.4. The Bertz CT molecular complexity index is 610. The minimum absolute atomic E-state index is 0.0773. The second-order valence-corrected chi connectivity index (χ2v) is 7.74. The highest BCUT2D eigenvalue weighted by Gasteiger charge is 2.32. The van der Waals surface area contributed by atoms with Gasteiger partial charge in [0.25, 0.3) is 0 Å². The first-order chi connectivity index (χ1) is 14.5. The highest BCUT2D eigenvalue weighted by Crippen LogP contribution is 2.26. The standard InChI is InChI=1S/C25H40O5/c1-6-11-13-19-14-16-20(17-15-19)24(26)29-22(9-4)21(8-3)23(10-5)30-25(27)28-18-12-7-2/h14-17,21-23H,6-13,18H2,1-5H3. The summed E-state index contributed by atoms with van der Waals surface area (Å²) in [7, 11) is 0.